The van der Waals surface area contributed by atoms with Crippen molar-refractivity contribution in [3.8, 4) is 0 Å². The van der Waals surface area contributed by atoms with Gasteiger partial charge >= 0.3 is 5.97 Å². The Labute approximate surface area is 132 Å². The summed E-state index contributed by atoms with van der Waals surface area (Å²) in [5, 5.41) is 11.4. The van der Waals surface area contributed by atoms with Gasteiger partial charge in [-0.25, -0.2) is 0 Å². The van der Waals surface area contributed by atoms with Gasteiger partial charge in [0, 0.05) is 19.4 Å². The van der Waals surface area contributed by atoms with Crippen molar-refractivity contribution in [2.24, 2.45) is 0 Å². The van der Waals surface area contributed by atoms with Gasteiger partial charge in [-0.1, -0.05) is 30.2 Å². The lowest BCUT2D eigenvalue weighted by Crippen LogP contribution is -2.24. The fourth-order valence-corrected chi connectivity index (χ4v) is 2.46. The largest absolute Gasteiger partial charge is 0.481 e. The van der Waals surface area contributed by atoms with Gasteiger partial charge in [0.2, 0.25) is 5.91 Å². The molecule has 4 heteroatoms. The van der Waals surface area contributed by atoms with Crippen LogP contribution in [-0.2, 0) is 16.0 Å². The Hall–Kier alpha value is -1.84. The van der Waals surface area contributed by atoms with Gasteiger partial charge in [0.1, 0.15) is 0 Å². The lowest BCUT2D eigenvalue weighted by molar-refractivity contribution is -0.137. The van der Waals surface area contributed by atoms with E-state index in [1.165, 1.54) is 16.7 Å². The first kappa shape index (κ1) is 18.2. The Kier molecular flexibility index (Phi) is 8.26. The summed E-state index contributed by atoms with van der Waals surface area (Å²) in [6.07, 6.45) is 4.91. The smallest absolute Gasteiger partial charge is 0.303 e. The average Bonchev–Trinajstić information content (AvgIpc) is 2.44. The van der Waals surface area contributed by atoms with Crippen molar-refractivity contribution in [1.29, 1.82) is 0 Å². The van der Waals surface area contributed by atoms with Crippen LogP contribution in [0.2, 0.25) is 0 Å². The summed E-state index contributed by atoms with van der Waals surface area (Å²) in [5.74, 6) is -0.668. The van der Waals surface area contributed by atoms with Gasteiger partial charge < -0.3 is 10.4 Å². The van der Waals surface area contributed by atoms with Crippen LogP contribution in [0.25, 0.3) is 0 Å². The highest BCUT2D eigenvalue weighted by molar-refractivity contribution is 5.75. The van der Waals surface area contributed by atoms with Crippen molar-refractivity contribution in [3.63, 3.8) is 0 Å². The molecule has 0 atom stereocenters. The maximum Gasteiger partial charge on any atom is 0.303 e. The summed E-state index contributed by atoms with van der Waals surface area (Å²) >= 11 is 0. The zero-order chi connectivity index (χ0) is 16.4. The van der Waals surface area contributed by atoms with Crippen LogP contribution in [0.4, 0.5) is 0 Å². The van der Waals surface area contributed by atoms with E-state index in [1.807, 2.05) is 0 Å². The van der Waals surface area contributed by atoms with Crippen molar-refractivity contribution >= 4 is 11.9 Å². The zero-order valence-electron chi connectivity index (χ0n) is 13.7. The molecule has 22 heavy (non-hydrogen) atoms. The number of unbranched alkanes of at least 4 members (excludes halogenated alkanes) is 2. The predicted octanol–water partition coefficient (Wildman–Crippen LogP) is 3.39. The van der Waals surface area contributed by atoms with Gasteiger partial charge in [-0.2, -0.15) is 0 Å². The summed E-state index contributed by atoms with van der Waals surface area (Å²) in [7, 11) is 0. The third-order valence-electron chi connectivity index (χ3n) is 3.74. The SMILES string of the molecule is Cc1ccc(CCCC(=O)NCCCCCC(=O)O)c(C)c1. The molecule has 0 radical (unpaired) electrons. The molecule has 0 saturated heterocycles. The second-order valence-electron chi connectivity index (χ2n) is 5.84. The monoisotopic (exact) mass is 305 g/mol. The van der Waals surface area contributed by atoms with Crippen LogP contribution < -0.4 is 5.32 Å². The van der Waals surface area contributed by atoms with Crippen LogP contribution in [-0.4, -0.2) is 23.5 Å². The molecular weight excluding hydrogens is 278 g/mol. The molecule has 0 heterocycles. The molecule has 1 aromatic rings. The van der Waals surface area contributed by atoms with Crippen LogP contribution in [0.3, 0.4) is 0 Å². The number of carboxylic acids is 1. The molecule has 1 aromatic carbocycles. The van der Waals surface area contributed by atoms with Crippen LogP contribution in [0.1, 0.15) is 55.2 Å². The fraction of sp³-hybridized carbons (Fsp3) is 0.556. The van der Waals surface area contributed by atoms with Crippen LogP contribution in [0.5, 0.6) is 0 Å². The number of hydrogen-bond acceptors (Lipinski definition) is 2. The van der Waals surface area contributed by atoms with Crippen LogP contribution in [0.15, 0.2) is 18.2 Å². The number of hydrogen-bond donors (Lipinski definition) is 2. The highest BCUT2D eigenvalue weighted by Gasteiger charge is 2.03. The zero-order valence-corrected chi connectivity index (χ0v) is 13.7. The van der Waals surface area contributed by atoms with E-state index in [0.717, 1.165) is 25.7 Å². The number of carboxylic acid groups (broad SMARTS) is 1. The maximum atomic E-state index is 11.7. The van der Waals surface area contributed by atoms with Gasteiger partial charge in [0.15, 0.2) is 0 Å². The second kappa shape index (κ2) is 9.98. The molecule has 4 nitrogen and oxygen atoms in total. The topological polar surface area (TPSA) is 66.4 Å². The van der Waals surface area contributed by atoms with Gasteiger partial charge in [-0.15, -0.1) is 0 Å². The Morgan fingerprint density at radius 2 is 1.82 bits per heavy atom. The quantitative estimate of drug-likeness (QED) is 0.651. The first-order valence-corrected chi connectivity index (χ1v) is 8.03. The molecule has 0 aliphatic heterocycles. The average molecular weight is 305 g/mol. The van der Waals surface area contributed by atoms with E-state index >= 15 is 0 Å². The van der Waals surface area contributed by atoms with E-state index in [1.54, 1.807) is 0 Å². The molecule has 0 aromatic heterocycles. The lowest BCUT2D eigenvalue weighted by atomic mass is 10.0. The van der Waals surface area contributed by atoms with E-state index in [-0.39, 0.29) is 12.3 Å². The number of nitrogens with one attached hydrogen (secondary N) is 1. The van der Waals surface area contributed by atoms with Crippen LogP contribution >= 0.6 is 0 Å². The molecule has 0 fully saturated rings. The summed E-state index contributed by atoms with van der Waals surface area (Å²) in [6, 6.07) is 6.43. The Bertz CT molecular complexity index is 497. The summed E-state index contributed by atoms with van der Waals surface area (Å²) < 4.78 is 0. The number of aryl methyl sites for hydroxylation is 3. The number of aliphatic carboxylic acids is 1. The molecule has 122 valence electrons. The van der Waals surface area contributed by atoms with Crippen molar-refractivity contribution in [1.82, 2.24) is 5.32 Å². The minimum atomic E-state index is -0.754. The Balaban J connectivity index is 2.09. The molecule has 0 spiro atoms. The minimum Gasteiger partial charge on any atom is -0.481 e. The molecule has 0 saturated carbocycles. The third kappa shape index (κ3) is 7.81. The van der Waals surface area contributed by atoms with Crippen molar-refractivity contribution in [2.45, 2.75) is 58.8 Å². The molecule has 1 amide bonds. The third-order valence-corrected chi connectivity index (χ3v) is 3.74. The van der Waals surface area contributed by atoms with Crippen LogP contribution in [0, 0.1) is 13.8 Å². The first-order chi connectivity index (χ1) is 10.5. The number of rotatable bonds is 10. The van der Waals surface area contributed by atoms with E-state index in [2.05, 4.69) is 37.4 Å². The fourth-order valence-electron chi connectivity index (χ4n) is 2.46. The van der Waals surface area contributed by atoms with Gasteiger partial charge in [-0.05, 0) is 50.7 Å². The van der Waals surface area contributed by atoms with E-state index < -0.39 is 5.97 Å². The summed E-state index contributed by atoms with van der Waals surface area (Å²) in [4.78, 5) is 22.1. The Morgan fingerprint density at radius 3 is 2.50 bits per heavy atom. The lowest BCUT2D eigenvalue weighted by Gasteiger charge is -2.07. The maximum absolute atomic E-state index is 11.7. The standard InChI is InChI=1S/C18H27NO3/c1-14-10-11-16(15(2)13-14)7-6-8-17(20)19-12-5-3-4-9-18(21)22/h10-11,13H,3-9,12H2,1-2H3,(H,19,20)(H,21,22). The van der Waals surface area contributed by atoms with Gasteiger partial charge in [0.25, 0.3) is 0 Å². The first-order valence-electron chi connectivity index (χ1n) is 8.03. The molecule has 1 rings (SSSR count). The molecule has 0 bridgehead atoms. The molecule has 2 N–H and O–H groups in total. The molecule has 0 aliphatic rings. The number of carbonyl (C=O) groups is 2. The number of amides is 1. The second-order valence-corrected chi connectivity index (χ2v) is 5.84. The number of benzene rings is 1. The molecular formula is C18H27NO3. The Morgan fingerprint density at radius 1 is 1.05 bits per heavy atom. The predicted molar refractivity (Wildman–Crippen MR) is 88.0 cm³/mol. The van der Waals surface area contributed by atoms with Crippen molar-refractivity contribution in [3.05, 3.63) is 34.9 Å². The summed E-state index contributed by atoms with van der Waals surface area (Å²) in [6.45, 7) is 4.84. The number of carbonyl (C=O) groups excluding carboxylic acids is 1. The van der Waals surface area contributed by atoms with Crippen molar-refractivity contribution in [2.75, 3.05) is 6.54 Å². The van der Waals surface area contributed by atoms with Gasteiger partial charge in [0.05, 0.1) is 0 Å². The van der Waals surface area contributed by atoms with Gasteiger partial charge in [-0.3, -0.25) is 9.59 Å². The minimum absolute atomic E-state index is 0.0861. The highest BCUT2D eigenvalue weighted by atomic mass is 16.4. The van der Waals surface area contributed by atoms with Crippen molar-refractivity contribution < 1.29 is 14.7 Å². The summed E-state index contributed by atoms with van der Waals surface area (Å²) in [5.41, 5.74) is 3.87. The molecule has 0 unspecified atom stereocenters. The van der Waals surface area contributed by atoms with E-state index in [9.17, 15) is 9.59 Å². The van der Waals surface area contributed by atoms with E-state index in [4.69, 9.17) is 5.11 Å². The van der Waals surface area contributed by atoms with E-state index in [0.29, 0.717) is 19.4 Å². The normalized spacial score (nSPS) is 10.5. The highest BCUT2D eigenvalue weighted by Crippen LogP contribution is 2.13. The molecule has 0 aliphatic carbocycles.